The van der Waals surface area contributed by atoms with Crippen molar-refractivity contribution in [2.45, 2.75) is 39.2 Å². The third-order valence-electron chi connectivity index (χ3n) is 3.75. The van der Waals surface area contributed by atoms with Gasteiger partial charge in [0.25, 0.3) is 5.91 Å². The topological polar surface area (TPSA) is 46.6 Å². The molecule has 4 nitrogen and oxygen atoms in total. The molecule has 1 atom stereocenters. The normalized spacial score (nSPS) is 18.4. The fraction of sp³-hybridized carbons (Fsp3) is 0.500. The number of piperidine rings is 1. The van der Waals surface area contributed by atoms with Crippen molar-refractivity contribution in [3.05, 3.63) is 35.1 Å². The lowest BCUT2D eigenvalue weighted by Crippen LogP contribution is -2.48. The Kier molecular flexibility index (Phi) is 4.94. The molecule has 114 valence electrons. The van der Waals surface area contributed by atoms with E-state index in [1.807, 2.05) is 0 Å². The van der Waals surface area contributed by atoms with Crippen LogP contribution in [0, 0.1) is 12.7 Å². The van der Waals surface area contributed by atoms with Crippen molar-refractivity contribution in [1.82, 2.24) is 4.90 Å². The van der Waals surface area contributed by atoms with Gasteiger partial charge in [-0.15, -0.1) is 0 Å². The summed E-state index contributed by atoms with van der Waals surface area (Å²) in [6.07, 6.45) is 2.32. The Labute approximate surface area is 123 Å². The molecule has 21 heavy (non-hydrogen) atoms. The van der Waals surface area contributed by atoms with Crippen molar-refractivity contribution in [2.75, 3.05) is 13.2 Å². The molecular formula is C16H20FNO3. The van der Waals surface area contributed by atoms with Gasteiger partial charge in [-0.1, -0.05) is 6.07 Å². The second-order valence-corrected chi connectivity index (χ2v) is 5.22. The second-order valence-electron chi connectivity index (χ2n) is 5.22. The third-order valence-corrected chi connectivity index (χ3v) is 3.75. The molecule has 0 aliphatic carbocycles. The van der Waals surface area contributed by atoms with Crippen molar-refractivity contribution in [3.63, 3.8) is 0 Å². The van der Waals surface area contributed by atoms with Crippen LogP contribution in [0.3, 0.4) is 0 Å². The first-order valence-electron chi connectivity index (χ1n) is 7.28. The van der Waals surface area contributed by atoms with E-state index in [1.165, 1.54) is 17.0 Å². The van der Waals surface area contributed by atoms with Gasteiger partial charge in [-0.05, 0) is 50.8 Å². The fourth-order valence-corrected chi connectivity index (χ4v) is 2.64. The zero-order chi connectivity index (χ0) is 15.4. The van der Waals surface area contributed by atoms with Gasteiger partial charge >= 0.3 is 5.97 Å². The predicted molar refractivity (Wildman–Crippen MR) is 76.4 cm³/mol. The molecule has 0 bridgehead atoms. The molecular weight excluding hydrogens is 273 g/mol. The number of esters is 1. The maximum atomic E-state index is 13.4. The van der Waals surface area contributed by atoms with Gasteiger partial charge < -0.3 is 9.64 Å². The van der Waals surface area contributed by atoms with Gasteiger partial charge in [0.15, 0.2) is 0 Å². The molecule has 0 aromatic heterocycles. The Hall–Kier alpha value is -1.91. The van der Waals surface area contributed by atoms with Crippen molar-refractivity contribution >= 4 is 11.9 Å². The van der Waals surface area contributed by atoms with E-state index in [2.05, 4.69) is 0 Å². The number of benzene rings is 1. The first kappa shape index (κ1) is 15.5. The van der Waals surface area contributed by atoms with Crippen LogP contribution < -0.4 is 0 Å². The molecule has 0 N–H and O–H groups in total. The highest BCUT2D eigenvalue weighted by Gasteiger charge is 2.34. The number of hydrogen-bond acceptors (Lipinski definition) is 3. The number of hydrogen-bond donors (Lipinski definition) is 0. The highest BCUT2D eigenvalue weighted by molar-refractivity contribution is 5.98. The minimum Gasteiger partial charge on any atom is -0.464 e. The maximum absolute atomic E-state index is 13.4. The van der Waals surface area contributed by atoms with E-state index in [1.54, 1.807) is 19.9 Å². The van der Waals surface area contributed by atoms with E-state index < -0.39 is 11.9 Å². The van der Waals surface area contributed by atoms with E-state index in [9.17, 15) is 14.0 Å². The number of aryl methyl sites for hydroxylation is 1. The number of halogens is 1. The van der Waals surface area contributed by atoms with Crippen LogP contribution in [-0.2, 0) is 9.53 Å². The molecule has 1 fully saturated rings. The molecule has 1 unspecified atom stereocenters. The molecule has 0 spiro atoms. The van der Waals surface area contributed by atoms with Crippen LogP contribution in [0.2, 0.25) is 0 Å². The zero-order valence-corrected chi connectivity index (χ0v) is 12.4. The number of nitrogens with zero attached hydrogens (tertiary/aromatic N) is 1. The van der Waals surface area contributed by atoms with Crippen molar-refractivity contribution in [2.24, 2.45) is 0 Å². The summed E-state index contributed by atoms with van der Waals surface area (Å²) in [7, 11) is 0. The van der Waals surface area contributed by atoms with Crippen LogP contribution in [0.5, 0.6) is 0 Å². The SMILES string of the molecule is CCOC(=O)C1CCCCN1C(=O)c1cc(F)ccc1C. The molecule has 1 saturated heterocycles. The Morgan fingerprint density at radius 3 is 2.86 bits per heavy atom. The summed E-state index contributed by atoms with van der Waals surface area (Å²) in [4.78, 5) is 26.2. The Balaban J connectivity index is 2.26. The Morgan fingerprint density at radius 1 is 1.38 bits per heavy atom. The first-order chi connectivity index (χ1) is 10.0. The summed E-state index contributed by atoms with van der Waals surface area (Å²) in [6, 6.07) is 3.57. The van der Waals surface area contributed by atoms with Crippen LogP contribution in [0.4, 0.5) is 4.39 Å². The van der Waals surface area contributed by atoms with E-state index in [0.29, 0.717) is 24.1 Å². The van der Waals surface area contributed by atoms with Gasteiger partial charge in [-0.2, -0.15) is 0 Å². The summed E-state index contributed by atoms with van der Waals surface area (Å²) in [5, 5.41) is 0. The van der Waals surface area contributed by atoms with Crippen molar-refractivity contribution < 1.29 is 18.7 Å². The van der Waals surface area contributed by atoms with Gasteiger partial charge in [0.05, 0.1) is 6.61 Å². The molecule has 0 radical (unpaired) electrons. The van der Waals surface area contributed by atoms with Gasteiger partial charge in [-0.3, -0.25) is 4.79 Å². The Morgan fingerprint density at radius 2 is 2.14 bits per heavy atom. The number of likely N-dealkylation sites (tertiary alicyclic amines) is 1. The summed E-state index contributed by atoms with van der Waals surface area (Å²) >= 11 is 0. The largest absolute Gasteiger partial charge is 0.464 e. The number of ether oxygens (including phenoxy) is 1. The van der Waals surface area contributed by atoms with Gasteiger partial charge in [0.2, 0.25) is 0 Å². The predicted octanol–water partition coefficient (Wildman–Crippen LogP) is 2.69. The van der Waals surface area contributed by atoms with Crippen molar-refractivity contribution in [3.8, 4) is 0 Å². The molecule has 0 saturated carbocycles. The lowest BCUT2D eigenvalue weighted by atomic mass is 9.99. The molecule has 5 heteroatoms. The smallest absolute Gasteiger partial charge is 0.328 e. The first-order valence-corrected chi connectivity index (χ1v) is 7.28. The molecule has 1 amide bonds. The maximum Gasteiger partial charge on any atom is 0.328 e. The molecule has 1 aromatic carbocycles. The number of carbonyl (C=O) groups excluding carboxylic acids is 2. The summed E-state index contributed by atoms with van der Waals surface area (Å²) < 4.78 is 18.4. The highest BCUT2D eigenvalue weighted by Crippen LogP contribution is 2.22. The molecule has 1 heterocycles. The van der Waals surface area contributed by atoms with E-state index in [-0.39, 0.29) is 18.5 Å². The number of rotatable bonds is 3. The zero-order valence-electron chi connectivity index (χ0n) is 12.4. The lowest BCUT2D eigenvalue weighted by Gasteiger charge is -2.34. The second kappa shape index (κ2) is 6.70. The van der Waals surface area contributed by atoms with E-state index in [0.717, 1.165) is 12.8 Å². The summed E-state index contributed by atoms with van der Waals surface area (Å²) in [5.41, 5.74) is 1.01. The monoisotopic (exact) mass is 293 g/mol. The molecule has 1 aliphatic rings. The average Bonchev–Trinajstić information content (AvgIpc) is 2.49. The average molecular weight is 293 g/mol. The third kappa shape index (κ3) is 3.40. The van der Waals surface area contributed by atoms with E-state index in [4.69, 9.17) is 4.74 Å². The number of amides is 1. The highest BCUT2D eigenvalue weighted by atomic mass is 19.1. The van der Waals surface area contributed by atoms with Crippen LogP contribution in [0.25, 0.3) is 0 Å². The number of carbonyl (C=O) groups is 2. The summed E-state index contributed by atoms with van der Waals surface area (Å²) in [5.74, 6) is -1.13. The van der Waals surface area contributed by atoms with E-state index >= 15 is 0 Å². The van der Waals surface area contributed by atoms with Gasteiger partial charge in [0, 0.05) is 12.1 Å². The van der Waals surface area contributed by atoms with Crippen LogP contribution >= 0.6 is 0 Å². The Bertz CT molecular complexity index is 544. The minimum atomic E-state index is -0.561. The van der Waals surface area contributed by atoms with Crippen LogP contribution in [0.15, 0.2) is 18.2 Å². The molecule has 1 aliphatic heterocycles. The van der Waals surface area contributed by atoms with Crippen LogP contribution in [-0.4, -0.2) is 36.0 Å². The van der Waals surface area contributed by atoms with Gasteiger partial charge in [-0.25, -0.2) is 9.18 Å². The van der Waals surface area contributed by atoms with Crippen molar-refractivity contribution in [1.29, 1.82) is 0 Å². The molecule has 2 rings (SSSR count). The lowest BCUT2D eigenvalue weighted by molar-refractivity contribution is -0.149. The quantitative estimate of drug-likeness (QED) is 0.805. The minimum absolute atomic E-state index is 0.288. The standard InChI is InChI=1S/C16H20FNO3/c1-3-21-16(20)14-6-4-5-9-18(14)15(19)13-10-12(17)8-7-11(13)2/h7-8,10,14H,3-6,9H2,1-2H3. The summed E-state index contributed by atoms with van der Waals surface area (Å²) in [6.45, 7) is 4.29. The fourth-order valence-electron chi connectivity index (χ4n) is 2.64. The van der Waals surface area contributed by atoms with Crippen LogP contribution in [0.1, 0.15) is 42.1 Å². The molecule has 1 aromatic rings. The van der Waals surface area contributed by atoms with Gasteiger partial charge in [0.1, 0.15) is 11.9 Å².